The minimum absolute atomic E-state index is 0.0781. The predicted octanol–water partition coefficient (Wildman–Crippen LogP) is 1.83. The number of carbonyl (C=O) groups is 1. The van der Waals surface area contributed by atoms with Gasteiger partial charge in [-0.2, -0.15) is 0 Å². The second-order valence-electron chi connectivity index (χ2n) is 2.26. The lowest BCUT2D eigenvalue weighted by atomic mass is 10.3. The minimum Gasteiger partial charge on any atom is -0.330 e. The summed E-state index contributed by atoms with van der Waals surface area (Å²) >= 11 is 0. The number of nitrogens with one attached hydrogen (secondary N) is 1. The van der Waals surface area contributed by atoms with Crippen LogP contribution in [0, 0.1) is 0 Å². The van der Waals surface area contributed by atoms with Gasteiger partial charge in [0.25, 0.3) is 0 Å². The second-order valence-corrected chi connectivity index (χ2v) is 2.26. The Hall–Kier alpha value is -0.790. The lowest BCUT2D eigenvalue weighted by Crippen LogP contribution is -2.20. The summed E-state index contributed by atoms with van der Waals surface area (Å²) in [5, 5.41) is 2.70. The third kappa shape index (κ3) is 4.13. The van der Waals surface area contributed by atoms with Gasteiger partial charge in [-0.1, -0.05) is 20.4 Å². The SMILES string of the molecule is C=C(CC)NC(=O)CCC. The van der Waals surface area contributed by atoms with Gasteiger partial charge in [-0.15, -0.1) is 0 Å². The summed E-state index contributed by atoms with van der Waals surface area (Å²) in [5.41, 5.74) is 0.804. The highest BCUT2D eigenvalue weighted by Gasteiger charge is 1.97. The summed E-state index contributed by atoms with van der Waals surface area (Å²) in [6.07, 6.45) is 2.30. The number of carbonyl (C=O) groups excluding carboxylic acids is 1. The van der Waals surface area contributed by atoms with Gasteiger partial charge in [0.05, 0.1) is 0 Å². The molecule has 0 aromatic rings. The summed E-state index contributed by atoms with van der Waals surface area (Å²) in [4.78, 5) is 10.8. The van der Waals surface area contributed by atoms with Crippen molar-refractivity contribution in [3.05, 3.63) is 12.3 Å². The minimum atomic E-state index is 0.0781. The zero-order valence-electron chi connectivity index (χ0n) is 6.74. The zero-order valence-corrected chi connectivity index (χ0v) is 6.74. The van der Waals surface area contributed by atoms with E-state index < -0.39 is 0 Å². The molecule has 0 aromatic carbocycles. The van der Waals surface area contributed by atoms with E-state index in [2.05, 4.69) is 11.9 Å². The van der Waals surface area contributed by atoms with E-state index in [9.17, 15) is 4.79 Å². The third-order valence-corrected chi connectivity index (χ3v) is 1.22. The quantitative estimate of drug-likeness (QED) is 0.635. The Labute approximate surface area is 62.3 Å². The van der Waals surface area contributed by atoms with Gasteiger partial charge in [-0.3, -0.25) is 4.79 Å². The van der Waals surface area contributed by atoms with Crippen LogP contribution in [0.4, 0.5) is 0 Å². The highest BCUT2D eigenvalue weighted by molar-refractivity contribution is 5.77. The van der Waals surface area contributed by atoms with Crippen molar-refractivity contribution in [1.82, 2.24) is 5.32 Å². The molecule has 0 radical (unpaired) electrons. The van der Waals surface area contributed by atoms with Gasteiger partial charge in [-0.25, -0.2) is 0 Å². The molecule has 0 aliphatic carbocycles. The van der Waals surface area contributed by atoms with E-state index in [4.69, 9.17) is 0 Å². The largest absolute Gasteiger partial charge is 0.330 e. The molecule has 0 unspecified atom stereocenters. The van der Waals surface area contributed by atoms with Gasteiger partial charge in [0.15, 0.2) is 0 Å². The Balaban J connectivity index is 3.47. The van der Waals surface area contributed by atoms with Crippen molar-refractivity contribution in [1.29, 1.82) is 0 Å². The molecular weight excluding hydrogens is 126 g/mol. The highest BCUT2D eigenvalue weighted by Crippen LogP contribution is 1.93. The maximum absolute atomic E-state index is 10.8. The van der Waals surface area contributed by atoms with Crippen molar-refractivity contribution in [3.63, 3.8) is 0 Å². The number of amides is 1. The number of hydrogen-bond donors (Lipinski definition) is 1. The highest BCUT2D eigenvalue weighted by atomic mass is 16.1. The molecule has 0 fully saturated rings. The van der Waals surface area contributed by atoms with Gasteiger partial charge in [0.2, 0.25) is 5.91 Å². The Morgan fingerprint density at radius 1 is 1.50 bits per heavy atom. The van der Waals surface area contributed by atoms with Crippen LogP contribution in [0.1, 0.15) is 33.1 Å². The summed E-state index contributed by atoms with van der Waals surface area (Å²) in [6.45, 7) is 7.61. The summed E-state index contributed by atoms with van der Waals surface area (Å²) in [6, 6.07) is 0. The first-order chi connectivity index (χ1) is 4.70. The maximum atomic E-state index is 10.8. The molecule has 58 valence electrons. The van der Waals surface area contributed by atoms with Crippen molar-refractivity contribution in [3.8, 4) is 0 Å². The Morgan fingerprint density at radius 3 is 2.50 bits per heavy atom. The van der Waals surface area contributed by atoms with Crippen LogP contribution < -0.4 is 5.32 Å². The first kappa shape index (κ1) is 9.21. The fraction of sp³-hybridized carbons (Fsp3) is 0.625. The molecule has 0 atom stereocenters. The smallest absolute Gasteiger partial charge is 0.224 e. The molecular formula is C8H15NO. The molecule has 0 bridgehead atoms. The molecule has 0 saturated heterocycles. The molecule has 0 rings (SSSR count). The van der Waals surface area contributed by atoms with Gasteiger partial charge < -0.3 is 5.32 Å². The zero-order chi connectivity index (χ0) is 7.98. The Morgan fingerprint density at radius 2 is 2.10 bits per heavy atom. The molecule has 0 aromatic heterocycles. The summed E-state index contributed by atoms with van der Waals surface area (Å²) in [5.74, 6) is 0.0781. The predicted molar refractivity (Wildman–Crippen MR) is 42.5 cm³/mol. The third-order valence-electron chi connectivity index (χ3n) is 1.22. The van der Waals surface area contributed by atoms with E-state index in [0.29, 0.717) is 6.42 Å². The molecule has 0 aliphatic heterocycles. The first-order valence-electron chi connectivity index (χ1n) is 3.68. The molecule has 10 heavy (non-hydrogen) atoms. The van der Waals surface area contributed by atoms with Gasteiger partial charge in [-0.05, 0) is 12.8 Å². The number of allylic oxidation sites excluding steroid dienone is 1. The van der Waals surface area contributed by atoms with E-state index in [0.717, 1.165) is 18.5 Å². The Kier molecular flexibility index (Phi) is 4.63. The number of rotatable bonds is 4. The van der Waals surface area contributed by atoms with Crippen molar-refractivity contribution in [2.75, 3.05) is 0 Å². The topological polar surface area (TPSA) is 29.1 Å². The standard InChI is InChI=1S/C8H15NO/c1-4-6-8(10)9-7(3)5-2/h3-6H2,1-2H3,(H,9,10). The maximum Gasteiger partial charge on any atom is 0.224 e. The van der Waals surface area contributed by atoms with E-state index in [1.807, 2.05) is 13.8 Å². The van der Waals surface area contributed by atoms with Crippen LogP contribution in [0.3, 0.4) is 0 Å². The van der Waals surface area contributed by atoms with E-state index in [1.54, 1.807) is 0 Å². The average molecular weight is 141 g/mol. The number of hydrogen-bond acceptors (Lipinski definition) is 1. The molecule has 0 heterocycles. The second kappa shape index (κ2) is 5.03. The molecule has 0 spiro atoms. The van der Waals surface area contributed by atoms with Crippen LogP contribution in [0.2, 0.25) is 0 Å². The van der Waals surface area contributed by atoms with Crippen LogP contribution >= 0.6 is 0 Å². The van der Waals surface area contributed by atoms with Crippen molar-refractivity contribution in [2.45, 2.75) is 33.1 Å². The molecule has 1 amide bonds. The van der Waals surface area contributed by atoms with Crippen LogP contribution in [0.25, 0.3) is 0 Å². The van der Waals surface area contributed by atoms with Crippen LogP contribution in [-0.2, 0) is 4.79 Å². The monoisotopic (exact) mass is 141 g/mol. The molecule has 1 N–H and O–H groups in total. The van der Waals surface area contributed by atoms with Crippen molar-refractivity contribution in [2.24, 2.45) is 0 Å². The molecule has 0 aliphatic rings. The first-order valence-corrected chi connectivity index (χ1v) is 3.68. The van der Waals surface area contributed by atoms with Crippen molar-refractivity contribution >= 4 is 5.91 Å². The lowest BCUT2D eigenvalue weighted by molar-refractivity contribution is -0.120. The molecule has 0 saturated carbocycles. The van der Waals surface area contributed by atoms with Crippen LogP contribution in [-0.4, -0.2) is 5.91 Å². The molecule has 2 heteroatoms. The average Bonchev–Trinajstić information content (AvgIpc) is 1.88. The van der Waals surface area contributed by atoms with Gasteiger partial charge >= 0.3 is 0 Å². The molecule has 2 nitrogen and oxygen atoms in total. The van der Waals surface area contributed by atoms with Crippen LogP contribution in [0.5, 0.6) is 0 Å². The summed E-state index contributed by atoms with van der Waals surface area (Å²) in [7, 11) is 0. The fourth-order valence-corrected chi connectivity index (χ4v) is 0.575. The van der Waals surface area contributed by atoms with Crippen LogP contribution in [0.15, 0.2) is 12.3 Å². The summed E-state index contributed by atoms with van der Waals surface area (Å²) < 4.78 is 0. The van der Waals surface area contributed by atoms with E-state index in [-0.39, 0.29) is 5.91 Å². The van der Waals surface area contributed by atoms with E-state index >= 15 is 0 Å². The Bertz CT molecular complexity index is 129. The van der Waals surface area contributed by atoms with Gasteiger partial charge in [0, 0.05) is 12.1 Å². The van der Waals surface area contributed by atoms with Crippen molar-refractivity contribution < 1.29 is 4.79 Å². The van der Waals surface area contributed by atoms with E-state index in [1.165, 1.54) is 0 Å². The fourth-order valence-electron chi connectivity index (χ4n) is 0.575. The normalized spacial score (nSPS) is 9.00. The van der Waals surface area contributed by atoms with Gasteiger partial charge in [0.1, 0.15) is 0 Å². The lowest BCUT2D eigenvalue weighted by Gasteiger charge is -2.03.